The van der Waals surface area contributed by atoms with E-state index in [1.165, 1.54) is 0 Å². The highest BCUT2D eigenvalue weighted by molar-refractivity contribution is 5.94. The minimum atomic E-state index is -0.317. The van der Waals surface area contributed by atoms with Crippen LogP contribution in [0.5, 0.6) is 11.5 Å². The van der Waals surface area contributed by atoms with Gasteiger partial charge in [-0.15, -0.1) is 0 Å². The van der Waals surface area contributed by atoms with Crippen molar-refractivity contribution < 1.29 is 9.53 Å². The molecule has 23 heavy (non-hydrogen) atoms. The predicted molar refractivity (Wildman–Crippen MR) is 88.4 cm³/mol. The molecule has 2 aromatic rings. The van der Waals surface area contributed by atoms with E-state index in [9.17, 15) is 4.79 Å². The summed E-state index contributed by atoms with van der Waals surface area (Å²) >= 11 is 0. The molecule has 0 spiro atoms. The van der Waals surface area contributed by atoms with E-state index in [1.54, 1.807) is 36.7 Å². The van der Waals surface area contributed by atoms with Crippen LogP contribution < -0.4 is 15.8 Å². The minimum Gasteiger partial charge on any atom is -0.456 e. The van der Waals surface area contributed by atoms with Gasteiger partial charge in [0.1, 0.15) is 11.5 Å². The van der Waals surface area contributed by atoms with Gasteiger partial charge in [0.15, 0.2) is 0 Å². The lowest BCUT2D eigenvalue weighted by Gasteiger charge is -2.29. The molecule has 0 radical (unpaired) electrons. The first-order valence-corrected chi connectivity index (χ1v) is 7.81. The number of ether oxygens (including phenoxy) is 1. The maximum atomic E-state index is 12.4. The van der Waals surface area contributed by atoms with Crippen molar-refractivity contribution in [1.29, 1.82) is 0 Å². The number of carbonyl (C=O) groups is 1. The van der Waals surface area contributed by atoms with Gasteiger partial charge in [0.25, 0.3) is 5.91 Å². The lowest BCUT2D eigenvalue weighted by molar-refractivity contribution is 0.0898. The highest BCUT2D eigenvalue weighted by Crippen LogP contribution is 2.39. The molecule has 3 N–H and O–H groups in total. The smallest absolute Gasteiger partial charge is 0.251 e. The molecule has 1 saturated carbocycles. The topological polar surface area (TPSA) is 77.2 Å². The summed E-state index contributed by atoms with van der Waals surface area (Å²) in [5.41, 5.74) is 6.13. The molecule has 1 unspecified atom stereocenters. The van der Waals surface area contributed by atoms with Crippen molar-refractivity contribution in [3.63, 3.8) is 0 Å². The number of nitrogens with zero attached hydrogens (tertiary/aromatic N) is 1. The van der Waals surface area contributed by atoms with E-state index in [0.29, 0.717) is 29.5 Å². The van der Waals surface area contributed by atoms with Crippen LogP contribution in [-0.4, -0.2) is 23.0 Å². The number of carbonyl (C=O) groups excluding carboxylic acids is 1. The van der Waals surface area contributed by atoms with Gasteiger partial charge in [0.2, 0.25) is 0 Å². The second kappa shape index (κ2) is 6.38. The molecule has 1 fully saturated rings. The number of hydrogen-bond donors (Lipinski definition) is 2. The van der Waals surface area contributed by atoms with E-state index in [-0.39, 0.29) is 11.4 Å². The van der Waals surface area contributed by atoms with E-state index in [2.05, 4.69) is 10.3 Å². The zero-order valence-corrected chi connectivity index (χ0v) is 13.2. The number of rotatable bonds is 6. The molecule has 1 aromatic heterocycles. The maximum Gasteiger partial charge on any atom is 0.251 e. The zero-order valence-electron chi connectivity index (χ0n) is 13.2. The molecule has 0 bridgehead atoms. The van der Waals surface area contributed by atoms with Gasteiger partial charge >= 0.3 is 0 Å². The van der Waals surface area contributed by atoms with Crippen molar-refractivity contribution in [2.24, 2.45) is 11.7 Å². The van der Waals surface area contributed by atoms with E-state index >= 15 is 0 Å². The lowest BCUT2D eigenvalue weighted by atomic mass is 9.95. The summed E-state index contributed by atoms with van der Waals surface area (Å²) in [5, 5.41) is 3.08. The summed E-state index contributed by atoms with van der Waals surface area (Å²) in [5.74, 6) is 1.72. The molecule has 1 amide bonds. The summed E-state index contributed by atoms with van der Waals surface area (Å²) in [6.45, 7) is 2.47. The Hall–Kier alpha value is -2.40. The molecule has 5 nitrogen and oxygen atoms in total. The van der Waals surface area contributed by atoms with Crippen molar-refractivity contribution in [3.8, 4) is 11.5 Å². The SMILES string of the molecule is CC(CN)(NC(=O)c1ccc(Oc2cccnc2)cc1)C1CC1. The third kappa shape index (κ3) is 3.68. The van der Waals surface area contributed by atoms with E-state index in [0.717, 1.165) is 12.8 Å². The minimum absolute atomic E-state index is 0.0993. The van der Waals surface area contributed by atoms with Crippen LogP contribution in [0.4, 0.5) is 0 Å². The fraction of sp³-hybridized carbons (Fsp3) is 0.333. The van der Waals surface area contributed by atoms with Gasteiger partial charge < -0.3 is 15.8 Å². The monoisotopic (exact) mass is 311 g/mol. The Balaban J connectivity index is 1.65. The summed E-state index contributed by atoms with van der Waals surface area (Å²) in [6, 6.07) is 10.7. The first kappa shape index (κ1) is 15.5. The Morgan fingerprint density at radius 2 is 2.04 bits per heavy atom. The fourth-order valence-electron chi connectivity index (χ4n) is 2.59. The molecule has 0 aliphatic heterocycles. The highest BCUT2D eigenvalue weighted by atomic mass is 16.5. The van der Waals surface area contributed by atoms with Crippen LogP contribution in [0.3, 0.4) is 0 Å². The second-order valence-electron chi connectivity index (χ2n) is 6.17. The van der Waals surface area contributed by atoms with Gasteiger partial charge in [0, 0.05) is 18.3 Å². The average molecular weight is 311 g/mol. The molecule has 120 valence electrons. The average Bonchev–Trinajstić information content (AvgIpc) is 3.42. The van der Waals surface area contributed by atoms with Gasteiger partial charge in [-0.3, -0.25) is 9.78 Å². The normalized spacial score (nSPS) is 16.4. The third-order valence-electron chi connectivity index (χ3n) is 4.29. The van der Waals surface area contributed by atoms with Gasteiger partial charge in [-0.2, -0.15) is 0 Å². The lowest BCUT2D eigenvalue weighted by Crippen LogP contribution is -2.53. The summed E-state index contributed by atoms with van der Waals surface area (Å²) in [6.07, 6.45) is 5.59. The molecule has 1 aromatic carbocycles. The molecule has 0 saturated heterocycles. The molecule has 1 heterocycles. The van der Waals surface area contributed by atoms with Crippen molar-refractivity contribution >= 4 is 5.91 Å². The molecule has 1 aliphatic rings. The largest absolute Gasteiger partial charge is 0.456 e. The summed E-state index contributed by atoms with van der Waals surface area (Å²) in [7, 11) is 0. The maximum absolute atomic E-state index is 12.4. The Kier molecular flexibility index (Phi) is 4.30. The number of benzene rings is 1. The first-order chi connectivity index (χ1) is 11.1. The molecule has 3 rings (SSSR count). The molecule has 5 heteroatoms. The highest BCUT2D eigenvalue weighted by Gasteiger charge is 2.41. The van der Waals surface area contributed by atoms with Gasteiger partial charge in [-0.25, -0.2) is 0 Å². The van der Waals surface area contributed by atoms with Crippen LogP contribution in [-0.2, 0) is 0 Å². The Labute approximate surface area is 135 Å². The van der Waals surface area contributed by atoms with Crippen LogP contribution >= 0.6 is 0 Å². The van der Waals surface area contributed by atoms with E-state index in [1.807, 2.05) is 19.1 Å². The quantitative estimate of drug-likeness (QED) is 0.860. The Morgan fingerprint density at radius 3 is 2.61 bits per heavy atom. The van der Waals surface area contributed by atoms with Crippen molar-refractivity contribution in [3.05, 3.63) is 54.4 Å². The number of hydrogen-bond acceptors (Lipinski definition) is 4. The van der Waals surface area contributed by atoms with Crippen LogP contribution in [0.1, 0.15) is 30.1 Å². The van der Waals surface area contributed by atoms with Crippen LogP contribution in [0.2, 0.25) is 0 Å². The molecular formula is C18H21N3O2. The Morgan fingerprint density at radius 1 is 1.30 bits per heavy atom. The summed E-state index contributed by atoms with van der Waals surface area (Å²) < 4.78 is 5.67. The fourth-order valence-corrected chi connectivity index (χ4v) is 2.59. The summed E-state index contributed by atoms with van der Waals surface area (Å²) in [4.78, 5) is 16.4. The number of nitrogens with two attached hydrogens (primary N) is 1. The number of pyridine rings is 1. The van der Waals surface area contributed by atoms with Gasteiger partial charge in [-0.05, 0) is 62.1 Å². The van der Waals surface area contributed by atoms with E-state index < -0.39 is 0 Å². The van der Waals surface area contributed by atoms with Crippen molar-refractivity contribution in [2.75, 3.05) is 6.54 Å². The third-order valence-corrected chi connectivity index (χ3v) is 4.29. The second-order valence-corrected chi connectivity index (χ2v) is 6.17. The predicted octanol–water partition coefficient (Wildman–Crippen LogP) is 2.73. The number of amides is 1. The van der Waals surface area contributed by atoms with E-state index in [4.69, 9.17) is 10.5 Å². The standard InChI is InChI=1S/C18H21N3O2/c1-18(12-19,14-6-7-14)21-17(22)13-4-8-15(9-5-13)23-16-3-2-10-20-11-16/h2-5,8-11,14H,6-7,12,19H2,1H3,(H,21,22). The van der Waals surface area contributed by atoms with Crippen LogP contribution in [0, 0.1) is 5.92 Å². The van der Waals surface area contributed by atoms with Gasteiger partial charge in [0.05, 0.1) is 11.7 Å². The van der Waals surface area contributed by atoms with Gasteiger partial charge in [-0.1, -0.05) is 0 Å². The first-order valence-electron chi connectivity index (χ1n) is 7.81. The molecule has 1 aliphatic carbocycles. The van der Waals surface area contributed by atoms with Crippen molar-refractivity contribution in [1.82, 2.24) is 10.3 Å². The number of aromatic nitrogens is 1. The number of nitrogens with one attached hydrogen (secondary N) is 1. The van der Waals surface area contributed by atoms with Crippen LogP contribution in [0.25, 0.3) is 0 Å². The Bertz CT molecular complexity index is 668. The zero-order chi connectivity index (χ0) is 16.3. The van der Waals surface area contributed by atoms with Crippen LogP contribution in [0.15, 0.2) is 48.8 Å². The molecule has 1 atom stereocenters. The van der Waals surface area contributed by atoms with Crippen molar-refractivity contribution in [2.45, 2.75) is 25.3 Å². The molecular weight excluding hydrogens is 290 g/mol.